The highest BCUT2D eigenvalue weighted by Crippen LogP contribution is 2.40. The van der Waals surface area contributed by atoms with Crippen LogP contribution in [-0.2, 0) is 11.3 Å². The molecule has 7 heteroatoms. The summed E-state index contributed by atoms with van der Waals surface area (Å²) < 4.78 is 1.70. The number of carbonyl (C=O) groups excluding carboxylic acids is 1. The van der Waals surface area contributed by atoms with Crippen LogP contribution in [0.25, 0.3) is 5.78 Å². The summed E-state index contributed by atoms with van der Waals surface area (Å²) in [5, 5.41) is 4.48. The molecule has 128 valence electrons. The monoisotopic (exact) mass is 328 g/mol. The molecular formula is C17H24N6O. The van der Waals surface area contributed by atoms with Crippen LogP contribution in [0.4, 0.5) is 0 Å². The Bertz CT molecular complexity index is 723. The lowest BCUT2D eigenvalue weighted by atomic mass is 9.78. The fourth-order valence-corrected chi connectivity index (χ4v) is 4.11. The van der Waals surface area contributed by atoms with Crippen LogP contribution >= 0.6 is 0 Å². The molecule has 0 aliphatic carbocycles. The molecule has 2 aliphatic rings. The van der Waals surface area contributed by atoms with Crippen LogP contribution < -0.4 is 0 Å². The van der Waals surface area contributed by atoms with Gasteiger partial charge in [-0.15, -0.1) is 5.10 Å². The molecule has 2 aromatic rings. The van der Waals surface area contributed by atoms with Gasteiger partial charge in [0.15, 0.2) is 5.82 Å². The number of hydrogen-bond donors (Lipinski definition) is 0. The number of rotatable bonds is 3. The van der Waals surface area contributed by atoms with Crippen LogP contribution in [0.5, 0.6) is 0 Å². The number of likely N-dealkylation sites (tertiary alicyclic amines) is 2. The fourth-order valence-electron chi connectivity index (χ4n) is 4.11. The second-order valence-corrected chi connectivity index (χ2v) is 7.33. The van der Waals surface area contributed by atoms with E-state index < -0.39 is 0 Å². The van der Waals surface area contributed by atoms with E-state index in [2.05, 4.69) is 38.7 Å². The van der Waals surface area contributed by atoms with Crippen molar-refractivity contribution in [2.75, 3.05) is 19.6 Å². The zero-order valence-electron chi connectivity index (χ0n) is 14.4. The van der Waals surface area contributed by atoms with Gasteiger partial charge in [-0.2, -0.15) is 4.98 Å². The van der Waals surface area contributed by atoms with Gasteiger partial charge in [-0.3, -0.25) is 9.69 Å². The van der Waals surface area contributed by atoms with Crippen molar-refractivity contribution in [3.05, 3.63) is 24.3 Å². The Hall–Kier alpha value is -2.02. The van der Waals surface area contributed by atoms with Crippen molar-refractivity contribution in [1.82, 2.24) is 29.4 Å². The van der Waals surface area contributed by atoms with Gasteiger partial charge in [0.25, 0.3) is 5.78 Å². The molecule has 2 saturated heterocycles. The van der Waals surface area contributed by atoms with E-state index in [9.17, 15) is 4.79 Å². The molecule has 0 unspecified atom stereocenters. The first-order chi connectivity index (χ1) is 11.6. The summed E-state index contributed by atoms with van der Waals surface area (Å²) in [6.45, 7) is 7.55. The molecule has 2 fully saturated rings. The predicted octanol–water partition coefficient (Wildman–Crippen LogP) is 1.35. The summed E-state index contributed by atoms with van der Waals surface area (Å²) in [6.07, 6.45) is 6.63. The van der Waals surface area contributed by atoms with E-state index in [0.717, 1.165) is 44.7 Å². The van der Waals surface area contributed by atoms with Gasteiger partial charge < -0.3 is 4.90 Å². The smallest absolute Gasteiger partial charge is 0.252 e. The van der Waals surface area contributed by atoms with Gasteiger partial charge in [-0.05, 0) is 45.7 Å². The number of hydrogen-bond acceptors (Lipinski definition) is 5. The van der Waals surface area contributed by atoms with Crippen molar-refractivity contribution >= 4 is 11.7 Å². The second kappa shape index (κ2) is 5.81. The maximum Gasteiger partial charge on any atom is 0.252 e. The number of fused-ring (bicyclic) bond motifs is 1. The van der Waals surface area contributed by atoms with E-state index in [1.165, 1.54) is 0 Å². The van der Waals surface area contributed by atoms with Crippen molar-refractivity contribution in [3.63, 3.8) is 0 Å². The summed E-state index contributed by atoms with van der Waals surface area (Å²) in [4.78, 5) is 26.0. The quantitative estimate of drug-likeness (QED) is 0.851. The third kappa shape index (κ3) is 2.56. The third-order valence-corrected chi connectivity index (χ3v) is 5.35. The summed E-state index contributed by atoms with van der Waals surface area (Å²) in [6, 6.07) is 2.13. The molecular weight excluding hydrogens is 304 g/mol. The first-order valence-corrected chi connectivity index (χ1v) is 8.77. The topological polar surface area (TPSA) is 66.6 Å². The molecule has 4 heterocycles. The van der Waals surface area contributed by atoms with Crippen LogP contribution in [0.1, 0.15) is 38.9 Å². The van der Waals surface area contributed by atoms with Gasteiger partial charge in [0.05, 0.1) is 12.0 Å². The normalized spacial score (nSPS) is 25.5. The standard InChI is InChI=1S/C17H24N6O/c1-13(2)22-8-3-5-17(15(22)24)6-10-21(12-17)11-14-19-16-18-7-4-9-23(16)20-14/h4,7,9,13H,3,5-6,8,10-12H2,1-2H3/t17-/m1/s1. The molecule has 1 amide bonds. The number of nitrogens with zero attached hydrogens (tertiary/aromatic N) is 6. The predicted molar refractivity (Wildman–Crippen MR) is 89.2 cm³/mol. The number of aromatic nitrogens is 4. The SMILES string of the molecule is CC(C)N1CCC[C@]2(CCN(Cc3nc4ncccn4n3)C2)C1=O. The minimum atomic E-state index is -0.195. The van der Waals surface area contributed by atoms with E-state index in [-0.39, 0.29) is 11.5 Å². The average Bonchev–Trinajstić information content (AvgIpc) is 3.14. The van der Waals surface area contributed by atoms with Gasteiger partial charge in [-0.25, -0.2) is 9.50 Å². The van der Waals surface area contributed by atoms with Gasteiger partial charge in [-0.1, -0.05) is 0 Å². The van der Waals surface area contributed by atoms with Crippen molar-refractivity contribution in [3.8, 4) is 0 Å². The first kappa shape index (κ1) is 15.5. The first-order valence-electron chi connectivity index (χ1n) is 8.77. The molecule has 1 spiro atoms. The molecule has 7 nitrogen and oxygen atoms in total. The number of carbonyl (C=O) groups is 1. The Kier molecular flexibility index (Phi) is 3.75. The summed E-state index contributed by atoms with van der Waals surface area (Å²) in [5.74, 6) is 1.74. The number of piperidine rings is 1. The maximum atomic E-state index is 13.0. The average molecular weight is 328 g/mol. The summed E-state index contributed by atoms with van der Waals surface area (Å²) in [7, 11) is 0. The van der Waals surface area contributed by atoms with E-state index in [4.69, 9.17) is 0 Å². The Morgan fingerprint density at radius 3 is 2.96 bits per heavy atom. The van der Waals surface area contributed by atoms with E-state index in [1.807, 2.05) is 12.3 Å². The molecule has 2 aromatic heterocycles. The number of amides is 1. The van der Waals surface area contributed by atoms with Gasteiger partial charge in [0, 0.05) is 31.5 Å². The molecule has 0 bridgehead atoms. The highest BCUT2D eigenvalue weighted by atomic mass is 16.2. The molecule has 24 heavy (non-hydrogen) atoms. The van der Waals surface area contributed by atoms with Gasteiger partial charge >= 0.3 is 0 Å². The third-order valence-electron chi connectivity index (χ3n) is 5.35. The highest BCUT2D eigenvalue weighted by Gasteiger charge is 2.48. The summed E-state index contributed by atoms with van der Waals surface area (Å²) in [5.41, 5.74) is -0.195. The lowest BCUT2D eigenvalue weighted by molar-refractivity contribution is -0.147. The molecule has 0 radical (unpaired) electrons. The van der Waals surface area contributed by atoms with Crippen molar-refractivity contribution < 1.29 is 4.79 Å². The second-order valence-electron chi connectivity index (χ2n) is 7.33. The molecule has 1 atom stereocenters. The zero-order chi connectivity index (χ0) is 16.7. The lowest BCUT2D eigenvalue weighted by Crippen LogP contribution is -2.52. The Morgan fingerprint density at radius 1 is 1.29 bits per heavy atom. The molecule has 0 aromatic carbocycles. The van der Waals surface area contributed by atoms with Gasteiger partial charge in [0.2, 0.25) is 5.91 Å². The molecule has 4 rings (SSSR count). The lowest BCUT2D eigenvalue weighted by Gasteiger charge is -2.41. The van der Waals surface area contributed by atoms with Gasteiger partial charge in [0.1, 0.15) is 0 Å². The largest absolute Gasteiger partial charge is 0.340 e. The van der Waals surface area contributed by atoms with Crippen LogP contribution in [0, 0.1) is 5.41 Å². The van der Waals surface area contributed by atoms with Crippen LogP contribution in [0.3, 0.4) is 0 Å². The molecule has 2 aliphatic heterocycles. The van der Waals surface area contributed by atoms with Crippen LogP contribution in [-0.4, -0.2) is 61.0 Å². The Morgan fingerprint density at radius 2 is 2.17 bits per heavy atom. The Labute approximate surface area is 141 Å². The minimum absolute atomic E-state index is 0.195. The van der Waals surface area contributed by atoms with E-state index in [0.29, 0.717) is 18.2 Å². The van der Waals surface area contributed by atoms with Crippen LogP contribution in [0.2, 0.25) is 0 Å². The van der Waals surface area contributed by atoms with Crippen molar-refractivity contribution in [1.29, 1.82) is 0 Å². The minimum Gasteiger partial charge on any atom is -0.340 e. The van der Waals surface area contributed by atoms with Crippen molar-refractivity contribution in [2.45, 2.75) is 45.7 Å². The maximum absolute atomic E-state index is 13.0. The zero-order valence-corrected chi connectivity index (χ0v) is 14.4. The molecule has 0 saturated carbocycles. The van der Waals surface area contributed by atoms with Crippen molar-refractivity contribution in [2.24, 2.45) is 5.41 Å². The highest BCUT2D eigenvalue weighted by molar-refractivity contribution is 5.84. The van der Waals surface area contributed by atoms with E-state index >= 15 is 0 Å². The van der Waals surface area contributed by atoms with Crippen LogP contribution in [0.15, 0.2) is 18.5 Å². The van der Waals surface area contributed by atoms with E-state index in [1.54, 1.807) is 10.7 Å². The fraction of sp³-hybridized carbons (Fsp3) is 0.647. The molecule has 0 N–H and O–H groups in total. The Balaban J connectivity index is 1.48. The summed E-state index contributed by atoms with van der Waals surface area (Å²) >= 11 is 0.